The van der Waals surface area contributed by atoms with Crippen molar-refractivity contribution < 1.29 is 4.42 Å². The maximum Gasteiger partial charge on any atom is 0.164 e. The van der Waals surface area contributed by atoms with E-state index in [-0.39, 0.29) is 0 Å². The molecule has 0 saturated heterocycles. The normalized spacial score (nSPS) is 11.7. The van der Waals surface area contributed by atoms with Gasteiger partial charge in [-0.15, -0.1) is 0 Å². The second-order valence-corrected chi connectivity index (χ2v) is 15.0. The van der Waals surface area contributed by atoms with E-state index in [4.69, 9.17) is 24.4 Å². The molecule has 5 heteroatoms. The number of nitrogens with zero attached hydrogens (tertiary/aromatic N) is 4. The molecule has 0 amide bonds. The minimum Gasteiger partial charge on any atom is -0.455 e. The van der Waals surface area contributed by atoms with Gasteiger partial charge in [0.1, 0.15) is 11.2 Å². The first-order valence-electron chi connectivity index (χ1n) is 19.8. The Kier molecular flexibility index (Phi) is 7.47. The highest BCUT2D eigenvalue weighted by molar-refractivity contribution is 6.19. The number of rotatable bonds is 5. The Labute approximate surface area is 338 Å². The van der Waals surface area contributed by atoms with Gasteiger partial charge in [0, 0.05) is 33.0 Å². The standard InChI is InChI=1S/C54H32N4O/c1-4-17-42-34(11-1)13-10-20-44(42)54-57-52(36-26-23-33(24-27-36)37-29-30-43-38(31-37)28-25-35-12-2-3-16-41(35)43)56-53(58-54)40-15-9-14-39(32-40)50-49-46-19-6-8-22-48(46)59-51(49)45-18-5-7-21-47(45)55-50/h1-32H. The Morgan fingerprint density at radius 3 is 1.78 bits per heavy atom. The van der Waals surface area contributed by atoms with Gasteiger partial charge in [-0.05, 0) is 73.8 Å². The fourth-order valence-corrected chi connectivity index (χ4v) is 8.60. The molecular weight excluding hydrogens is 721 g/mol. The topological polar surface area (TPSA) is 64.7 Å². The average molecular weight is 753 g/mol. The molecule has 0 fully saturated rings. The van der Waals surface area contributed by atoms with Crippen molar-refractivity contribution in [3.8, 4) is 56.5 Å². The predicted octanol–water partition coefficient (Wildman–Crippen LogP) is 14.1. The molecule has 0 bridgehead atoms. The second kappa shape index (κ2) is 13.3. The molecule has 0 radical (unpaired) electrons. The van der Waals surface area contributed by atoms with E-state index < -0.39 is 0 Å². The van der Waals surface area contributed by atoms with E-state index in [2.05, 4.69) is 158 Å². The summed E-state index contributed by atoms with van der Waals surface area (Å²) in [6.45, 7) is 0. The fourth-order valence-electron chi connectivity index (χ4n) is 8.60. The molecule has 0 aliphatic rings. The quantitative estimate of drug-likeness (QED) is 0.164. The van der Waals surface area contributed by atoms with Gasteiger partial charge in [0.05, 0.1) is 16.6 Å². The number of hydrogen-bond acceptors (Lipinski definition) is 5. The Hall–Kier alpha value is -8.02. The highest BCUT2D eigenvalue weighted by atomic mass is 16.3. The van der Waals surface area contributed by atoms with Crippen molar-refractivity contribution >= 4 is 65.2 Å². The van der Waals surface area contributed by atoms with Crippen molar-refractivity contribution in [3.05, 3.63) is 194 Å². The Bertz CT molecular complexity index is 3620. The van der Waals surface area contributed by atoms with E-state index in [9.17, 15) is 0 Å². The molecule has 12 aromatic rings. The molecule has 9 aromatic carbocycles. The molecule has 3 heterocycles. The van der Waals surface area contributed by atoms with Gasteiger partial charge in [0.2, 0.25) is 0 Å². The number of benzene rings is 9. The van der Waals surface area contributed by atoms with Crippen molar-refractivity contribution in [2.45, 2.75) is 0 Å². The zero-order valence-electron chi connectivity index (χ0n) is 31.7. The highest BCUT2D eigenvalue weighted by Gasteiger charge is 2.20. The lowest BCUT2D eigenvalue weighted by atomic mass is 9.97. The zero-order valence-corrected chi connectivity index (χ0v) is 31.7. The number of pyridine rings is 1. The lowest BCUT2D eigenvalue weighted by Gasteiger charge is -2.12. The molecule has 0 spiro atoms. The third-order valence-electron chi connectivity index (χ3n) is 11.5. The SMILES string of the molecule is c1cc(-c2nc(-c3ccc(-c4ccc5c(ccc6ccccc65)c4)cc3)nc(-c3cccc4ccccc34)n2)cc(-c2nc3ccccc3c3oc4ccccc4c23)c1. The zero-order chi connectivity index (χ0) is 38.9. The first kappa shape index (κ1) is 33.2. The van der Waals surface area contributed by atoms with Crippen LogP contribution in [0.2, 0.25) is 0 Å². The number of hydrogen-bond donors (Lipinski definition) is 0. The maximum atomic E-state index is 6.51. The summed E-state index contributed by atoms with van der Waals surface area (Å²) in [5.41, 5.74) is 9.35. The molecule has 0 N–H and O–H groups in total. The van der Waals surface area contributed by atoms with Crippen LogP contribution in [-0.4, -0.2) is 19.9 Å². The summed E-state index contributed by atoms with van der Waals surface area (Å²) in [5, 5.41) is 10.2. The van der Waals surface area contributed by atoms with Gasteiger partial charge in [0.25, 0.3) is 0 Å². The van der Waals surface area contributed by atoms with Gasteiger partial charge in [-0.25, -0.2) is 19.9 Å². The largest absolute Gasteiger partial charge is 0.455 e. The minimum atomic E-state index is 0.583. The summed E-state index contributed by atoms with van der Waals surface area (Å²) in [6, 6.07) is 67.5. The number of furan rings is 1. The van der Waals surface area contributed by atoms with Crippen molar-refractivity contribution in [3.63, 3.8) is 0 Å². The Balaban J connectivity index is 1.00. The molecule has 0 atom stereocenters. The van der Waals surface area contributed by atoms with Gasteiger partial charge in [-0.3, -0.25) is 0 Å². The van der Waals surface area contributed by atoms with Crippen LogP contribution in [0.15, 0.2) is 199 Å². The second-order valence-electron chi connectivity index (χ2n) is 15.0. The number of fused-ring (bicyclic) bond motifs is 9. The first-order chi connectivity index (χ1) is 29.2. The van der Waals surface area contributed by atoms with Crippen molar-refractivity contribution in [2.75, 3.05) is 0 Å². The molecule has 274 valence electrons. The van der Waals surface area contributed by atoms with Crippen molar-refractivity contribution in [1.29, 1.82) is 0 Å². The average Bonchev–Trinajstić information content (AvgIpc) is 3.71. The van der Waals surface area contributed by atoms with Crippen molar-refractivity contribution in [2.24, 2.45) is 0 Å². The number of aromatic nitrogens is 4. The van der Waals surface area contributed by atoms with Crippen LogP contribution in [0.3, 0.4) is 0 Å². The first-order valence-corrected chi connectivity index (χ1v) is 19.8. The highest BCUT2D eigenvalue weighted by Crippen LogP contribution is 2.40. The van der Waals surface area contributed by atoms with Crippen LogP contribution in [0.4, 0.5) is 0 Å². The van der Waals surface area contributed by atoms with Crippen LogP contribution in [-0.2, 0) is 0 Å². The van der Waals surface area contributed by atoms with Crippen LogP contribution in [0.1, 0.15) is 0 Å². The summed E-state index contributed by atoms with van der Waals surface area (Å²) >= 11 is 0. The summed E-state index contributed by atoms with van der Waals surface area (Å²) in [6.07, 6.45) is 0. The molecule has 0 aliphatic carbocycles. The van der Waals surface area contributed by atoms with E-state index >= 15 is 0 Å². The van der Waals surface area contributed by atoms with Crippen molar-refractivity contribution in [1.82, 2.24) is 19.9 Å². The molecule has 5 nitrogen and oxygen atoms in total. The third kappa shape index (κ3) is 5.55. The summed E-state index contributed by atoms with van der Waals surface area (Å²) in [5.74, 6) is 1.80. The molecule has 3 aromatic heterocycles. The van der Waals surface area contributed by atoms with E-state index in [1.54, 1.807) is 0 Å². The van der Waals surface area contributed by atoms with Crippen LogP contribution in [0, 0.1) is 0 Å². The van der Waals surface area contributed by atoms with Gasteiger partial charge >= 0.3 is 0 Å². The summed E-state index contributed by atoms with van der Waals surface area (Å²) in [4.78, 5) is 20.8. The van der Waals surface area contributed by atoms with Crippen LogP contribution in [0.5, 0.6) is 0 Å². The Morgan fingerprint density at radius 1 is 0.322 bits per heavy atom. The van der Waals surface area contributed by atoms with Gasteiger partial charge in [0.15, 0.2) is 17.5 Å². The number of para-hydroxylation sites is 2. The maximum absolute atomic E-state index is 6.51. The predicted molar refractivity (Wildman–Crippen MR) is 242 cm³/mol. The summed E-state index contributed by atoms with van der Waals surface area (Å²) in [7, 11) is 0. The van der Waals surface area contributed by atoms with Crippen LogP contribution in [0.25, 0.3) is 122 Å². The van der Waals surface area contributed by atoms with Gasteiger partial charge in [-0.2, -0.15) is 0 Å². The van der Waals surface area contributed by atoms with Crippen LogP contribution < -0.4 is 0 Å². The monoisotopic (exact) mass is 752 g/mol. The Morgan fingerprint density at radius 2 is 0.915 bits per heavy atom. The van der Waals surface area contributed by atoms with E-state index in [0.717, 1.165) is 82.7 Å². The molecule has 0 aliphatic heterocycles. The molecular formula is C54H32N4O. The third-order valence-corrected chi connectivity index (χ3v) is 11.5. The molecule has 59 heavy (non-hydrogen) atoms. The molecule has 0 saturated carbocycles. The minimum absolute atomic E-state index is 0.583. The fraction of sp³-hybridized carbons (Fsp3) is 0. The van der Waals surface area contributed by atoms with Crippen LogP contribution >= 0.6 is 0 Å². The lowest BCUT2D eigenvalue weighted by molar-refractivity contribution is 0.672. The van der Waals surface area contributed by atoms with E-state index in [0.29, 0.717) is 17.5 Å². The molecule has 0 unspecified atom stereocenters. The van der Waals surface area contributed by atoms with E-state index in [1.807, 2.05) is 36.4 Å². The lowest BCUT2D eigenvalue weighted by Crippen LogP contribution is -2.01. The van der Waals surface area contributed by atoms with E-state index in [1.165, 1.54) is 21.5 Å². The van der Waals surface area contributed by atoms with Gasteiger partial charge < -0.3 is 4.42 Å². The van der Waals surface area contributed by atoms with Gasteiger partial charge in [-0.1, -0.05) is 164 Å². The summed E-state index contributed by atoms with van der Waals surface area (Å²) < 4.78 is 6.51. The molecule has 12 rings (SSSR count). The smallest absolute Gasteiger partial charge is 0.164 e.